The van der Waals surface area contributed by atoms with Crippen molar-refractivity contribution >= 4 is 21.4 Å². The first-order chi connectivity index (χ1) is 8.54. The second-order valence-corrected chi connectivity index (χ2v) is 6.67. The fraction of sp³-hybridized carbons (Fsp3) is 0.500. The van der Waals surface area contributed by atoms with Crippen molar-refractivity contribution in [3.8, 4) is 0 Å². The minimum Gasteiger partial charge on any atom is -0.315 e. The van der Waals surface area contributed by atoms with Gasteiger partial charge < -0.3 is 5.32 Å². The first-order valence-corrected chi connectivity index (χ1v) is 7.56. The van der Waals surface area contributed by atoms with Crippen LogP contribution in [-0.4, -0.2) is 7.05 Å². The summed E-state index contributed by atoms with van der Waals surface area (Å²) in [6.07, 6.45) is 0. The Bertz CT molecular complexity index is 537. The molecule has 1 aromatic heterocycles. The zero-order chi connectivity index (χ0) is 13.3. The minimum atomic E-state index is 0.588. The van der Waals surface area contributed by atoms with Crippen LogP contribution in [-0.2, 0) is 6.54 Å². The van der Waals surface area contributed by atoms with Crippen molar-refractivity contribution in [2.75, 3.05) is 7.05 Å². The Morgan fingerprint density at radius 2 is 1.83 bits per heavy atom. The molecular weight excluding hydrogens is 238 g/mol. The largest absolute Gasteiger partial charge is 0.315 e. The lowest BCUT2D eigenvalue weighted by Crippen LogP contribution is -2.05. The molecule has 0 saturated heterocycles. The standard InChI is InChI=1S/C16H23NS/c1-10(2)12-6-7-14-13(8-12)16(11(3)4)15(18-14)9-17-5/h6-8,10-11,17H,9H2,1-5H3. The molecule has 0 unspecified atom stereocenters. The topological polar surface area (TPSA) is 12.0 Å². The Labute approximate surface area is 114 Å². The van der Waals surface area contributed by atoms with E-state index >= 15 is 0 Å². The minimum absolute atomic E-state index is 0.588. The van der Waals surface area contributed by atoms with Gasteiger partial charge in [0.15, 0.2) is 0 Å². The summed E-state index contributed by atoms with van der Waals surface area (Å²) in [5.41, 5.74) is 2.98. The van der Waals surface area contributed by atoms with Crippen molar-refractivity contribution in [2.45, 2.75) is 46.1 Å². The van der Waals surface area contributed by atoms with Gasteiger partial charge in [-0.3, -0.25) is 0 Å². The monoisotopic (exact) mass is 261 g/mol. The maximum Gasteiger partial charge on any atom is 0.0349 e. The molecule has 0 spiro atoms. The molecule has 18 heavy (non-hydrogen) atoms. The third-order valence-corrected chi connectivity index (χ3v) is 4.60. The number of hydrogen-bond acceptors (Lipinski definition) is 2. The van der Waals surface area contributed by atoms with E-state index < -0.39 is 0 Å². The highest BCUT2D eigenvalue weighted by Gasteiger charge is 2.15. The molecule has 0 saturated carbocycles. The van der Waals surface area contributed by atoms with Crippen LogP contribution in [0.5, 0.6) is 0 Å². The average Bonchev–Trinajstić information content (AvgIpc) is 2.66. The molecule has 0 aliphatic rings. The van der Waals surface area contributed by atoms with Gasteiger partial charge in [-0.15, -0.1) is 11.3 Å². The summed E-state index contributed by atoms with van der Waals surface area (Å²) in [4.78, 5) is 1.49. The van der Waals surface area contributed by atoms with Crippen LogP contribution in [0.4, 0.5) is 0 Å². The van der Waals surface area contributed by atoms with Crippen LogP contribution < -0.4 is 5.32 Å². The molecule has 1 nitrogen and oxygen atoms in total. The lowest BCUT2D eigenvalue weighted by molar-refractivity contribution is 0.795. The van der Waals surface area contributed by atoms with E-state index in [9.17, 15) is 0 Å². The second kappa shape index (κ2) is 5.41. The Morgan fingerprint density at radius 3 is 2.39 bits per heavy atom. The number of fused-ring (bicyclic) bond motifs is 1. The van der Waals surface area contributed by atoms with Gasteiger partial charge in [-0.05, 0) is 47.5 Å². The van der Waals surface area contributed by atoms with Gasteiger partial charge in [-0.1, -0.05) is 33.8 Å². The first-order valence-electron chi connectivity index (χ1n) is 6.74. The Balaban J connectivity index is 2.63. The summed E-state index contributed by atoms with van der Waals surface area (Å²) in [7, 11) is 2.02. The zero-order valence-corrected chi connectivity index (χ0v) is 12.8. The van der Waals surface area contributed by atoms with E-state index in [1.807, 2.05) is 18.4 Å². The number of thiophene rings is 1. The molecule has 0 amide bonds. The molecule has 0 fully saturated rings. The van der Waals surface area contributed by atoms with Crippen LogP contribution in [0.25, 0.3) is 10.1 Å². The summed E-state index contributed by atoms with van der Waals surface area (Å²) in [6.45, 7) is 10.1. The third kappa shape index (κ3) is 2.45. The van der Waals surface area contributed by atoms with Gasteiger partial charge in [0.2, 0.25) is 0 Å². The van der Waals surface area contributed by atoms with Crippen LogP contribution in [0.3, 0.4) is 0 Å². The van der Waals surface area contributed by atoms with Gasteiger partial charge in [0.25, 0.3) is 0 Å². The SMILES string of the molecule is CNCc1sc2ccc(C(C)C)cc2c1C(C)C. The van der Waals surface area contributed by atoms with E-state index in [1.165, 1.54) is 26.1 Å². The van der Waals surface area contributed by atoms with Crippen LogP contribution in [0.2, 0.25) is 0 Å². The fourth-order valence-electron chi connectivity index (χ4n) is 2.47. The van der Waals surface area contributed by atoms with E-state index in [4.69, 9.17) is 0 Å². The molecule has 2 rings (SSSR count). The molecule has 2 heteroatoms. The fourth-order valence-corrected chi connectivity index (χ4v) is 3.82. The normalized spacial score (nSPS) is 11.9. The Kier molecular flexibility index (Phi) is 4.08. The molecule has 1 aromatic carbocycles. The molecule has 1 N–H and O–H groups in total. The zero-order valence-electron chi connectivity index (χ0n) is 12.0. The number of nitrogens with one attached hydrogen (secondary N) is 1. The Hall–Kier alpha value is -0.860. The molecule has 0 bridgehead atoms. The van der Waals surface area contributed by atoms with E-state index in [-0.39, 0.29) is 0 Å². The molecule has 1 heterocycles. The molecule has 0 radical (unpaired) electrons. The number of benzene rings is 1. The highest BCUT2D eigenvalue weighted by atomic mass is 32.1. The molecule has 0 aliphatic heterocycles. The van der Waals surface area contributed by atoms with Crippen molar-refractivity contribution in [2.24, 2.45) is 0 Å². The maximum atomic E-state index is 3.29. The van der Waals surface area contributed by atoms with Gasteiger partial charge in [0.1, 0.15) is 0 Å². The van der Waals surface area contributed by atoms with Crippen molar-refractivity contribution < 1.29 is 0 Å². The first kappa shape index (κ1) is 13.6. The van der Waals surface area contributed by atoms with Gasteiger partial charge in [-0.2, -0.15) is 0 Å². The molecule has 0 atom stereocenters. The smallest absolute Gasteiger partial charge is 0.0349 e. The number of rotatable bonds is 4. The van der Waals surface area contributed by atoms with Crippen LogP contribution >= 0.6 is 11.3 Å². The van der Waals surface area contributed by atoms with E-state index in [1.54, 1.807) is 0 Å². The average molecular weight is 261 g/mol. The van der Waals surface area contributed by atoms with E-state index in [0.29, 0.717) is 11.8 Å². The molecular formula is C16H23NS. The predicted molar refractivity (Wildman–Crippen MR) is 82.8 cm³/mol. The van der Waals surface area contributed by atoms with Gasteiger partial charge in [0, 0.05) is 16.1 Å². The molecule has 98 valence electrons. The van der Waals surface area contributed by atoms with Crippen molar-refractivity contribution in [1.82, 2.24) is 5.32 Å². The molecule has 2 aromatic rings. The van der Waals surface area contributed by atoms with Crippen LogP contribution in [0.15, 0.2) is 18.2 Å². The maximum absolute atomic E-state index is 3.29. The summed E-state index contributed by atoms with van der Waals surface area (Å²) in [6, 6.07) is 6.96. The highest BCUT2D eigenvalue weighted by Crippen LogP contribution is 2.37. The lowest BCUT2D eigenvalue weighted by atomic mass is 9.95. The van der Waals surface area contributed by atoms with Crippen LogP contribution in [0, 0.1) is 0 Å². The van der Waals surface area contributed by atoms with Crippen molar-refractivity contribution in [3.05, 3.63) is 34.2 Å². The van der Waals surface area contributed by atoms with Gasteiger partial charge in [-0.25, -0.2) is 0 Å². The second-order valence-electron chi connectivity index (χ2n) is 5.53. The molecule has 0 aliphatic carbocycles. The third-order valence-electron chi connectivity index (χ3n) is 3.41. The van der Waals surface area contributed by atoms with Gasteiger partial charge >= 0.3 is 0 Å². The van der Waals surface area contributed by atoms with Crippen LogP contribution in [0.1, 0.15) is 55.5 Å². The summed E-state index contributed by atoms with van der Waals surface area (Å²) in [5, 5.41) is 4.75. The lowest BCUT2D eigenvalue weighted by Gasteiger charge is -2.10. The van der Waals surface area contributed by atoms with Crippen molar-refractivity contribution in [3.63, 3.8) is 0 Å². The highest BCUT2D eigenvalue weighted by molar-refractivity contribution is 7.19. The predicted octanol–water partition coefficient (Wildman–Crippen LogP) is 4.87. The van der Waals surface area contributed by atoms with Crippen molar-refractivity contribution in [1.29, 1.82) is 0 Å². The number of hydrogen-bond donors (Lipinski definition) is 1. The summed E-state index contributed by atoms with van der Waals surface area (Å²) in [5.74, 6) is 1.19. The quantitative estimate of drug-likeness (QED) is 0.828. The van der Waals surface area contributed by atoms with E-state index in [2.05, 4.69) is 51.2 Å². The van der Waals surface area contributed by atoms with Gasteiger partial charge in [0.05, 0.1) is 0 Å². The van der Waals surface area contributed by atoms with E-state index in [0.717, 1.165) is 6.54 Å². The Morgan fingerprint density at radius 1 is 1.11 bits per heavy atom. The summed E-state index contributed by atoms with van der Waals surface area (Å²) < 4.78 is 1.42. The summed E-state index contributed by atoms with van der Waals surface area (Å²) >= 11 is 1.93.